The van der Waals surface area contributed by atoms with Gasteiger partial charge >= 0.3 is 11.9 Å². The lowest BCUT2D eigenvalue weighted by Gasteiger charge is -2.13. The molecule has 1 aromatic rings. The topological polar surface area (TPSA) is 110 Å². The molecule has 1 rings (SSSR count). The van der Waals surface area contributed by atoms with Crippen LogP contribution in [0.2, 0.25) is 0 Å². The molecule has 7 nitrogen and oxygen atoms in total. The zero-order valence-corrected chi connectivity index (χ0v) is 12.5. The number of rotatable bonds is 7. The van der Waals surface area contributed by atoms with Crippen molar-refractivity contribution in [3.05, 3.63) is 29.8 Å². The number of nitrogens with one attached hydrogen (secondary N) is 1. The minimum Gasteiger partial charge on any atom is -0.481 e. The molecule has 0 aliphatic rings. The van der Waals surface area contributed by atoms with E-state index in [9.17, 15) is 18.0 Å². The molecule has 1 aromatic carbocycles. The van der Waals surface area contributed by atoms with Gasteiger partial charge in [-0.25, -0.2) is 8.42 Å². The molecule has 0 aliphatic carbocycles. The Balaban J connectivity index is 2.83. The van der Waals surface area contributed by atoms with Crippen molar-refractivity contribution < 1.29 is 27.9 Å². The van der Waals surface area contributed by atoms with Crippen molar-refractivity contribution in [2.45, 2.75) is 31.2 Å². The number of hydrogen-bond acceptors (Lipinski definition) is 5. The first-order valence-electron chi connectivity index (χ1n) is 6.26. The third-order valence-corrected chi connectivity index (χ3v) is 4.12. The zero-order chi connectivity index (χ0) is 16.0. The normalized spacial score (nSPS) is 12.7. The number of hydrogen-bond donors (Lipinski definition) is 2. The maximum atomic E-state index is 12.0. The summed E-state index contributed by atoms with van der Waals surface area (Å²) in [5.74, 6) is -1.66. The van der Waals surface area contributed by atoms with Gasteiger partial charge in [0.15, 0.2) is 0 Å². The number of ether oxygens (including phenoxy) is 1. The third-order valence-electron chi connectivity index (χ3n) is 2.56. The Kier molecular flexibility index (Phi) is 5.86. The number of carbonyl (C=O) groups is 2. The molecule has 0 amide bonds. The average molecular weight is 315 g/mol. The van der Waals surface area contributed by atoms with Gasteiger partial charge in [0.2, 0.25) is 10.0 Å². The van der Waals surface area contributed by atoms with Gasteiger partial charge in [-0.05, 0) is 31.5 Å². The number of carboxylic acid groups (broad SMARTS) is 1. The Hall–Kier alpha value is -1.93. The first-order valence-corrected chi connectivity index (χ1v) is 7.74. The van der Waals surface area contributed by atoms with Crippen LogP contribution >= 0.6 is 0 Å². The van der Waals surface area contributed by atoms with E-state index in [2.05, 4.69) is 4.72 Å². The van der Waals surface area contributed by atoms with Gasteiger partial charge in [-0.3, -0.25) is 9.59 Å². The molecule has 0 spiro atoms. The summed E-state index contributed by atoms with van der Waals surface area (Å²) in [5, 5.41) is 8.64. The predicted octanol–water partition coefficient (Wildman–Crippen LogP) is 0.544. The molecule has 116 valence electrons. The van der Waals surface area contributed by atoms with Gasteiger partial charge in [-0.2, -0.15) is 4.72 Å². The second kappa shape index (κ2) is 7.19. The van der Waals surface area contributed by atoms with E-state index < -0.39 is 28.0 Å². The van der Waals surface area contributed by atoms with Crippen LogP contribution in [0.5, 0.6) is 0 Å². The van der Waals surface area contributed by atoms with Crippen LogP contribution in [-0.2, 0) is 30.8 Å². The minimum absolute atomic E-state index is 0.0483. The van der Waals surface area contributed by atoms with Crippen LogP contribution in [0.1, 0.15) is 19.4 Å². The fourth-order valence-electron chi connectivity index (χ4n) is 1.58. The maximum Gasteiger partial charge on any atom is 0.323 e. The minimum atomic E-state index is -3.87. The van der Waals surface area contributed by atoms with Gasteiger partial charge < -0.3 is 9.84 Å². The molecule has 1 unspecified atom stereocenters. The van der Waals surface area contributed by atoms with E-state index in [0.717, 1.165) is 0 Å². The summed E-state index contributed by atoms with van der Waals surface area (Å²) in [6.45, 7) is 3.17. The van der Waals surface area contributed by atoms with Gasteiger partial charge in [0.05, 0.1) is 17.9 Å². The second-order valence-corrected chi connectivity index (χ2v) is 6.02. The summed E-state index contributed by atoms with van der Waals surface area (Å²) in [5.41, 5.74) is 0.486. The molecule has 2 N–H and O–H groups in total. The predicted molar refractivity (Wildman–Crippen MR) is 74.2 cm³/mol. The highest BCUT2D eigenvalue weighted by Gasteiger charge is 2.22. The van der Waals surface area contributed by atoms with Crippen LogP contribution in [0.4, 0.5) is 0 Å². The van der Waals surface area contributed by atoms with Crippen LogP contribution in [0.15, 0.2) is 29.2 Å². The summed E-state index contributed by atoms with van der Waals surface area (Å²) in [4.78, 5) is 21.9. The molecule has 0 fully saturated rings. The Bertz CT molecular complexity index is 608. The zero-order valence-electron chi connectivity index (χ0n) is 11.7. The largest absolute Gasteiger partial charge is 0.481 e. The van der Waals surface area contributed by atoms with Crippen LogP contribution in [0, 0.1) is 0 Å². The Morgan fingerprint density at radius 3 is 2.33 bits per heavy atom. The number of carboxylic acids is 1. The Labute approximate surface area is 123 Å². The molecular formula is C13H17NO6S. The van der Waals surface area contributed by atoms with E-state index in [0.29, 0.717) is 5.56 Å². The van der Waals surface area contributed by atoms with Crippen molar-refractivity contribution in [3.63, 3.8) is 0 Å². The smallest absolute Gasteiger partial charge is 0.323 e. The summed E-state index contributed by atoms with van der Waals surface area (Å²) in [6.07, 6.45) is -0.188. The maximum absolute atomic E-state index is 12.0. The standard InChI is InChI=1S/C13H17NO6S/c1-3-20-13(17)9(2)14-21(18,19)11-6-4-10(5-7-11)8-12(15)16/h4-7,9,14H,3,8H2,1-2H3,(H,15,16). The molecule has 0 aromatic heterocycles. The quantitative estimate of drug-likeness (QED) is 0.711. The monoisotopic (exact) mass is 315 g/mol. The molecule has 21 heavy (non-hydrogen) atoms. The fourth-order valence-corrected chi connectivity index (χ4v) is 2.77. The van der Waals surface area contributed by atoms with E-state index in [4.69, 9.17) is 9.84 Å². The Morgan fingerprint density at radius 1 is 1.29 bits per heavy atom. The third kappa shape index (κ3) is 5.16. The lowest BCUT2D eigenvalue weighted by Crippen LogP contribution is -2.39. The molecule has 0 radical (unpaired) electrons. The van der Waals surface area contributed by atoms with E-state index in [1.54, 1.807) is 6.92 Å². The van der Waals surface area contributed by atoms with E-state index in [1.807, 2.05) is 0 Å². The van der Waals surface area contributed by atoms with Gasteiger partial charge in [-0.1, -0.05) is 12.1 Å². The van der Waals surface area contributed by atoms with Crippen molar-refractivity contribution in [2.24, 2.45) is 0 Å². The SMILES string of the molecule is CCOC(=O)C(C)NS(=O)(=O)c1ccc(CC(=O)O)cc1. The summed E-state index contributed by atoms with van der Waals surface area (Å²) < 4.78 is 31.0. The van der Waals surface area contributed by atoms with Crippen LogP contribution in [0.3, 0.4) is 0 Å². The lowest BCUT2D eigenvalue weighted by molar-refractivity contribution is -0.144. The van der Waals surface area contributed by atoms with E-state index in [1.165, 1.54) is 31.2 Å². The molecule has 0 saturated carbocycles. The summed E-state index contributed by atoms with van der Waals surface area (Å²) in [7, 11) is -3.87. The summed E-state index contributed by atoms with van der Waals surface area (Å²) in [6, 6.07) is 4.40. The second-order valence-electron chi connectivity index (χ2n) is 4.31. The number of sulfonamides is 1. The highest BCUT2D eigenvalue weighted by molar-refractivity contribution is 7.89. The molecule has 1 atom stereocenters. The van der Waals surface area contributed by atoms with Gasteiger partial charge in [-0.15, -0.1) is 0 Å². The highest BCUT2D eigenvalue weighted by Crippen LogP contribution is 2.12. The lowest BCUT2D eigenvalue weighted by atomic mass is 10.2. The molecule has 0 bridgehead atoms. The van der Waals surface area contributed by atoms with Crippen molar-refractivity contribution in [2.75, 3.05) is 6.61 Å². The first kappa shape index (κ1) is 17.1. The number of carbonyl (C=O) groups excluding carboxylic acids is 1. The Morgan fingerprint density at radius 2 is 1.86 bits per heavy atom. The van der Waals surface area contributed by atoms with Crippen molar-refractivity contribution in [3.8, 4) is 0 Å². The highest BCUT2D eigenvalue weighted by atomic mass is 32.2. The van der Waals surface area contributed by atoms with Crippen LogP contribution in [0.25, 0.3) is 0 Å². The first-order chi connectivity index (χ1) is 9.76. The number of aliphatic carboxylic acids is 1. The molecular weight excluding hydrogens is 298 g/mol. The average Bonchev–Trinajstić information content (AvgIpc) is 2.38. The van der Waals surface area contributed by atoms with Crippen molar-refractivity contribution in [1.29, 1.82) is 0 Å². The van der Waals surface area contributed by atoms with Crippen LogP contribution < -0.4 is 4.72 Å². The fraction of sp³-hybridized carbons (Fsp3) is 0.385. The van der Waals surface area contributed by atoms with Gasteiger partial charge in [0.25, 0.3) is 0 Å². The van der Waals surface area contributed by atoms with Gasteiger partial charge in [0, 0.05) is 0 Å². The summed E-state index contributed by atoms with van der Waals surface area (Å²) >= 11 is 0. The van der Waals surface area contributed by atoms with Crippen molar-refractivity contribution >= 4 is 22.0 Å². The number of benzene rings is 1. The molecule has 0 aliphatic heterocycles. The molecule has 0 saturated heterocycles. The number of esters is 1. The van der Waals surface area contributed by atoms with Gasteiger partial charge in [0.1, 0.15) is 6.04 Å². The molecule has 0 heterocycles. The molecule has 8 heteroatoms. The van der Waals surface area contributed by atoms with E-state index >= 15 is 0 Å². The van der Waals surface area contributed by atoms with Crippen LogP contribution in [-0.4, -0.2) is 38.1 Å². The van der Waals surface area contributed by atoms with E-state index in [-0.39, 0.29) is 17.9 Å². The van der Waals surface area contributed by atoms with Crippen molar-refractivity contribution in [1.82, 2.24) is 4.72 Å².